The first-order valence-electron chi connectivity index (χ1n) is 9.43. The number of hydrogen-bond donors (Lipinski definition) is 0. The van der Waals surface area contributed by atoms with Crippen molar-refractivity contribution < 1.29 is 19.1 Å². The Kier molecular flexibility index (Phi) is 5.37. The van der Waals surface area contributed by atoms with Crippen molar-refractivity contribution in [1.82, 2.24) is 4.57 Å². The molecule has 6 nitrogen and oxygen atoms in total. The lowest BCUT2D eigenvalue weighted by atomic mass is 10.1. The highest BCUT2D eigenvalue weighted by atomic mass is 32.1. The monoisotopic (exact) mass is 420 g/mol. The first-order valence-corrected chi connectivity index (χ1v) is 10.2. The van der Waals surface area contributed by atoms with Gasteiger partial charge in [-0.1, -0.05) is 35.6 Å². The number of hydrogen-bond acceptors (Lipinski definition) is 5. The molecular formula is C23H20N2O4S. The minimum Gasteiger partial charge on any atom is -0.496 e. The summed E-state index contributed by atoms with van der Waals surface area (Å²) >= 11 is 1.36. The molecule has 0 saturated carbocycles. The number of carbonyl (C=O) groups excluding carboxylic acids is 2. The average Bonchev–Trinajstić information content (AvgIpc) is 3.13. The van der Waals surface area contributed by atoms with Crippen LogP contribution in [0.25, 0.3) is 21.0 Å². The highest BCUT2D eigenvalue weighted by molar-refractivity contribution is 7.16. The van der Waals surface area contributed by atoms with Crippen molar-refractivity contribution in [2.45, 2.75) is 13.5 Å². The third kappa shape index (κ3) is 3.48. The molecular weight excluding hydrogens is 400 g/mol. The molecule has 0 aliphatic heterocycles. The zero-order valence-electron chi connectivity index (χ0n) is 16.8. The second kappa shape index (κ2) is 8.12. The molecule has 3 aromatic carbocycles. The number of rotatable bonds is 4. The molecule has 1 amide bonds. The van der Waals surface area contributed by atoms with E-state index < -0.39 is 5.97 Å². The van der Waals surface area contributed by atoms with Crippen LogP contribution >= 0.6 is 11.3 Å². The predicted octanol–water partition coefficient (Wildman–Crippen LogP) is 4.41. The number of benzene rings is 3. The molecule has 1 heterocycles. The molecule has 4 aromatic rings. The van der Waals surface area contributed by atoms with E-state index in [0.717, 1.165) is 21.0 Å². The number of thiazole rings is 1. The normalized spacial score (nSPS) is 11.8. The number of methoxy groups -OCH3 is 2. The van der Waals surface area contributed by atoms with E-state index in [-0.39, 0.29) is 5.91 Å². The molecule has 0 spiro atoms. The van der Waals surface area contributed by atoms with Crippen LogP contribution in [0.2, 0.25) is 0 Å². The van der Waals surface area contributed by atoms with Crippen molar-refractivity contribution in [1.29, 1.82) is 0 Å². The van der Waals surface area contributed by atoms with Crippen LogP contribution in [0, 0.1) is 0 Å². The van der Waals surface area contributed by atoms with Crippen LogP contribution in [0.3, 0.4) is 0 Å². The standard InChI is InChI=1S/C23H20N2O4S/c1-4-25-18-10-9-16(22(27)29-3)13-20(18)30-23(25)24-21(26)17-11-14-7-5-6-8-15(14)12-19(17)28-2/h5-13H,4H2,1-3H3. The van der Waals surface area contributed by atoms with E-state index in [1.54, 1.807) is 25.3 Å². The molecule has 0 radical (unpaired) electrons. The number of aryl methyl sites for hydroxylation is 1. The lowest BCUT2D eigenvalue weighted by Gasteiger charge is -2.07. The summed E-state index contributed by atoms with van der Waals surface area (Å²) in [5, 5.41) is 1.94. The third-order valence-corrected chi connectivity index (χ3v) is 5.96. The zero-order chi connectivity index (χ0) is 21.3. The van der Waals surface area contributed by atoms with Gasteiger partial charge in [-0.25, -0.2) is 4.79 Å². The maximum absolute atomic E-state index is 13.1. The van der Waals surface area contributed by atoms with E-state index in [2.05, 4.69) is 4.99 Å². The van der Waals surface area contributed by atoms with Crippen molar-refractivity contribution >= 4 is 44.2 Å². The smallest absolute Gasteiger partial charge is 0.337 e. The summed E-state index contributed by atoms with van der Waals surface area (Å²) in [6.45, 7) is 2.62. The summed E-state index contributed by atoms with van der Waals surface area (Å²) in [6, 6.07) is 16.8. The molecule has 0 N–H and O–H groups in total. The summed E-state index contributed by atoms with van der Waals surface area (Å²) in [5.74, 6) is -0.289. The van der Waals surface area contributed by atoms with Crippen LogP contribution in [-0.2, 0) is 11.3 Å². The Morgan fingerprint density at radius 1 is 1.03 bits per heavy atom. The number of fused-ring (bicyclic) bond motifs is 2. The SMILES string of the molecule is CCn1c(=NC(=O)c2cc3ccccc3cc2OC)sc2cc(C(=O)OC)ccc21. The number of aromatic nitrogens is 1. The molecule has 152 valence electrons. The van der Waals surface area contributed by atoms with E-state index in [0.29, 0.717) is 28.2 Å². The number of nitrogens with zero attached hydrogens (tertiary/aromatic N) is 2. The fourth-order valence-corrected chi connectivity index (χ4v) is 4.54. The molecule has 0 saturated heterocycles. The fraction of sp³-hybridized carbons (Fsp3) is 0.174. The Morgan fingerprint density at radius 2 is 1.77 bits per heavy atom. The zero-order valence-corrected chi connectivity index (χ0v) is 17.7. The van der Waals surface area contributed by atoms with Gasteiger partial charge in [0.05, 0.1) is 35.6 Å². The van der Waals surface area contributed by atoms with Crippen LogP contribution in [0.1, 0.15) is 27.6 Å². The van der Waals surface area contributed by atoms with Crippen LogP contribution in [0.5, 0.6) is 5.75 Å². The van der Waals surface area contributed by atoms with Crippen molar-refractivity contribution in [3.63, 3.8) is 0 Å². The Bertz CT molecular complexity index is 1350. The van der Waals surface area contributed by atoms with Crippen molar-refractivity contribution in [2.24, 2.45) is 4.99 Å². The van der Waals surface area contributed by atoms with Gasteiger partial charge < -0.3 is 14.0 Å². The maximum atomic E-state index is 13.1. The van der Waals surface area contributed by atoms with Gasteiger partial charge in [0, 0.05) is 6.54 Å². The molecule has 0 fully saturated rings. The van der Waals surface area contributed by atoms with E-state index in [9.17, 15) is 9.59 Å². The van der Waals surface area contributed by atoms with Gasteiger partial charge in [0.2, 0.25) is 0 Å². The van der Waals surface area contributed by atoms with Crippen molar-refractivity contribution in [3.05, 3.63) is 70.5 Å². The third-order valence-electron chi connectivity index (χ3n) is 4.92. The topological polar surface area (TPSA) is 69.9 Å². The minimum atomic E-state index is -0.399. The van der Waals surface area contributed by atoms with Gasteiger partial charge in [-0.15, -0.1) is 0 Å². The summed E-state index contributed by atoms with van der Waals surface area (Å²) in [7, 11) is 2.89. The van der Waals surface area contributed by atoms with Crippen LogP contribution in [0.4, 0.5) is 0 Å². The Balaban J connectivity index is 1.85. The lowest BCUT2D eigenvalue weighted by Crippen LogP contribution is -2.16. The summed E-state index contributed by atoms with van der Waals surface area (Å²) in [5.41, 5.74) is 1.78. The van der Waals surface area contributed by atoms with Gasteiger partial charge in [-0.3, -0.25) is 4.79 Å². The number of esters is 1. The van der Waals surface area contributed by atoms with Gasteiger partial charge in [-0.05, 0) is 48.0 Å². The van der Waals surface area contributed by atoms with E-state index in [4.69, 9.17) is 9.47 Å². The van der Waals surface area contributed by atoms with Crippen molar-refractivity contribution in [2.75, 3.05) is 14.2 Å². The van der Waals surface area contributed by atoms with Gasteiger partial charge in [0.25, 0.3) is 5.91 Å². The second-order valence-corrected chi connectivity index (χ2v) is 7.63. The molecule has 1 aromatic heterocycles. The van der Waals surface area contributed by atoms with Crippen LogP contribution in [-0.4, -0.2) is 30.7 Å². The molecule has 0 aliphatic carbocycles. The molecule has 0 unspecified atom stereocenters. The molecule has 0 atom stereocenters. The van der Waals surface area contributed by atoms with Crippen LogP contribution in [0.15, 0.2) is 59.6 Å². The summed E-state index contributed by atoms with van der Waals surface area (Å²) in [6.07, 6.45) is 0. The Hall–Kier alpha value is -3.45. The lowest BCUT2D eigenvalue weighted by molar-refractivity contribution is 0.0600. The highest BCUT2D eigenvalue weighted by Crippen LogP contribution is 2.27. The molecule has 4 rings (SSSR count). The highest BCUT2D eigenvalue weighted by Gasteiger charge is 2.15. The van der Waals surface area contributed by atoms with E-state index in [1.807, 2.05) is 47.9 Å². The summed E-state index contributed by atoms with van der Waals surface area (Å²) < 4.78 is 13.1. The first-order chi connectivity index (χ1) is 14.5. The van der Waals surface area contributed by atoms with Gasteiger partial charge in [0.1, 0.15) is 5.75 Å². The molecule has 0 bridgehead atoms. The van der Waals surface area contributed by atoms with Gasteiger partial charge in [-0.2, -0.15) is 4.99 Å². The average molecular weight is 420 g/mol. The maximum Gasteiger partial charge on any atom is 0.337 e. The minimum absolute atomic E-state index is 0.375. The first kappa shape index (κ1) is 19.8. The number of ether oxygens (including phenoxy) is 2. The van der Waals surface area contributed by atoms with E-state index in [1.165, 1.54) is 18.4 Å². The van der Waals surface area contributed by atoms with Crippen LogP contribution < -0.4 is 9.54 Å². The molecule has 7 heteroatoms. The second-order valence-electron chi connectivity index (χ2n) is 6.62. The van der Waals surface area contributed by atoms with Gasteiger partial charge in [0.15, 0.2) is 4.80 Å². The predicted molar refractivity (Wildman–Crippen MR) is 117 cm³/mol. The quantitative estimate of drug-likeness (QED) is 0.459. The largest absolute Gasteiger partial charge is 0.496 e. The number of amides is 1. The molecule has 30 heavy (non-hydrogen) atoms. The molecule has 0 aliphatic rings. The Morgan fingerprint density at radius 3 is 2.43 bits per heavy atom. The summed E-state index contributed by atoms with van der Waals surface area (Å²) in [4.78, 5) is 29.9. The number of carbonyl (C=O) groups is 2. The fourth-order valence-electron chi connectivity index (χ4n) is 3.41. The van der Waals surface area contributed by atoms with E-state index >= 15 is 0 Å². The Labute approximate surface area is 177 Å². The van der Waals surface area contributed by atoms with Gasteiger partial charge >= 0.3 is 5.97 Å². The van der Waals surface area contributed by atoms with Crippen molar-refractivity contribution in [3.8, 4) is 5.75 Å².